The molecule has 1 aliphatic rings. The number of aromatic nitrogens is 3. The third-order valence-corrected chi connectivity index (χ3v) is 4.57. The normalized spacial score (nSPS) is 13.7. The highest BCUT2D eigenvalue weighted by atomic mass is 19.4. The number of imidazole rings is 1. The summed E-state index contributed by atoms with van der Waals surface area (Å²) >= 11 is 0. The average molecular weight is 466 g/mol. The number of carbonyl (C=O) groups excluding carboxylic acids is 1. The fourth-order valence-electron chi connectivity index (χ4n) is 3.07. The Bertz CT molecular complexity index is 1220. The summed E-state index contributed by atoms with van der Waals surface area (Å²) in [6.45, 7) is 0.762. The number of nitrogens with one attached hydrogen (secondary N) is 1. The number of anilines is 1. The van der Waals surface area contributed by atoms with E-state index < -0.39 is 41.3 Å². The second kappa shape index (κ2) is 8.88. The number of halogens is 5. The van der Waals surface area contributed by atoms with E-state index in [1.807, 2.05) is 0 Å². The van der Waals surface area contributed by atoms with E-state index in [9.17, 15) is 26.7 Å². The van der Waals surface area contributed by atoms with Crippen LogP contribution in [0, 0.1) is 11.6 Å². The van der Waals surface area contributed by atoms with E-state index in [-0.39, 0.29) is 11.5 Å². The zero-order valence-electron chi connectivity index (χ0n) is 16.7. The zero-order valence-corrected chi connectivity index (χ0v) is 16.7. The molecule has 172 valence electrons. The van der Waals surface area contributed by atoms with Crippen LogP contribution in [-0.2, 0) is 26.9 Å². The molecule has 0 bridgehead atoms. The van der Waals surface area contributed by atoms with Crippen molar-refractivity contribution in [2.24, 2.45) is 0 Å². The predicted molar refractivity (Wildman–Crippen MR) is 105 cm³/mol. The fraction of sp³-hybridized carbons (Fsp3) is 0.190. The van der Waals surface area contributed by atoms with Gasteiger partial charge < -0.3 is 14.8 Å². The average Bonchev–Trinajstić information content (AvgIpc) is 3.25. The largest absolute Gasteiger partial charge is 0.494 e. The van der Waals surface area contributed by atoms with Gasteiger partial charge in [-0.3, -0.25) is 9.36 Å². The van der Waals surface area contributed by atoms with E-state index >= 15 is 0 Å². The molecule has 0 unspecified atom stereocenters. The molecule has 0 atom stereocenters. The third-order valence-electron chi connectivity index (χ3n) is 4.57. The highest BCUT2D eigenvalue weighted by molar-refractivity contribution is 5.92. The highest BCUT2D eigenvalue weighted by Crippen LogP contribution is 2.32. The molecule has 0 saturated heterocycles. The van der Waals surface area contributed by atoms with Crippen LogP contribution in [-0.4, -0.2) is 33.7 Å². The van der Waals surface area contributed by atoms with Crippen molar-refractivity contribution in [2.75, 3.05) is 18.5 Å². The maximum absolute atomic E-state index is 14.6. The lowest BCUT2D eigenvalue weighted by Gasteiger charge is -2.13. The van der Waals surface area contributed by atoms with Gasteiger partial charge in [-0.25, -0.2) is 18.7 Å². The van der Waals surface area contributed by atoms with Crippen LogP contribution in [0.5, 0.6) is 0 Å². The predicted octanol–water partition coefficient (Wildman–Crippen LogP) is 4.09. The Hall–Kier alpha value is -3.96. The van der Waals surface area contributed by atoms with Crippen molar-refractivity contribution in [2.45, 2.75) is 12.6 Å². The Balaban J connectivity index is 1.46. The van der Waals surface area contributed by atoms with Crippen molar-refractivity contribution < 1.29 is 36.2 Å². The van der Waals surface area contributed by atoms with Crippen molar-refractivity contribution in [1.82, 2.24) is 14.5 Å². The Kier molecular flexibility index (Phi) is 5.99. The Morgan fingerprint density at radius 2 is 2.00 bits per heavy atom. The molecule has 1 amide bonds. The maximum Gasteiger partial charge on any atom is 0.419 e. The maximum atomic E-state index is 14.6. The van der Waals surface area contributed by atoms with Gasteiger partial charge in [0.1, 0.15) is 37.3 Å². The number of ether oxygens (including phenoxy) is 2. The molecule has 3 heterocycles. The van der Waals surface area contributed by atoms with Crippen molar-refractivity contribution in [3.63, 3.8) is 0 Å². The van der Waals surface area contributed by atoms with Gasteiger partial charge in [0.05, 0.1) is 23.9 Å². The molecular formula is C21H15F5N4O3. The van der Waals surface area contributed by atoms with Crippen LogP contribution in [0.3, 0.4) is 0 Å². The van der Waals surface area contributed by atoms with Gasteiger partial charge in [-0.15, -0.1) is 0 Å². The first-order chi connectivity index (χ1) is 15.7. The fourth-order valence-corrected chi connectivity index (χ4v) is 3.07. The van der Waals surface area contributed by atoms with Crippen LogP contribution in [0.4, 0.5) is 27.6 Å². The lowest BCUT2D eigenvalue weighted by atomic mass is 10.1. The number of amides is 1. The number of nitrogens with zero attached hydrogens (tertiary/aromatic N) is 3. The van der Waals surface area contributed by atoms with Crippen molar-refractivity contribution >= 4 is 17.4 Å². The third kappa shape index (κ3) is 4.94. The van der Waals surface area contributed by atoms with Gasteiger partial charge in [-0.05, 0) is 11.6 Å². The summed E-state index contributed by atoms with van der Waals surface area (Å²) in [5, 5.41) is 2.29. The van der Waals surface area contributed by atoms with E-state index in [2.05, 4.69) is 15.3 Å². The molecule has 12 heteroatoms. The number of hydrogen-bond donors (Lipinski definition) is 1. The summed E-state index contributed by atoms with van der Waals surface area (Å²) in [5.41, 5.74) is -1.57. The van der Waals surface area contributed by atoms with Gasteiger partial charge in [0, 0.05) is 12.3 Å². The highest BCUT2D eigenvalue weighted by Gasteiger charge is 2.35. The molecular weight excluding hydrogens is 451 g/mol. The monoisotopic (exact) mass is 466 g/mol. The summed E-state index contributed by atoms with van der Waals surface area (Å²) in [5.74, 6) is -2.91. The Morgan fingerprint density at radius 3 is 2.70 bits per heavy atom. The minimum Gasteiger partial charge on any atom is -0.494 e. The molecule has 2 aromatic heterocycles. The van der Waals surface area contributed by atoms with Crippen LogP contribution >= 0.6 is 0 Å². The molecule has 4 rings (SSSR count). The molecule has 1 N–H and O–H groups in total. The topological polar surface area (TPSA) is 78.3 Å². The second-order valence-electron chi connectivity index (χ2n) is 6.90. The van der Waals surface area contributed by atoms with E-state index in [0.717, 1.165) is 24.4 Å². The number of rotatable bonds is 5. The van der Waals surface area contributed by atoms with Gasteiger partial charge in [-0.1, -0.05) is 12.1 Å². The van der Waals surface area contributed by atoms with Crippen molar-refractivity contribution in [3.05, 3.63) is 77.7 Å². The van der Waals surface area contributed by atoms with Gasteiger partial charge in [0.25, 0.3) is 0 Å². The summed E-state index contributed by atoms with van der Waals surface area (Å²) in [6, 6.07) is 3.63. The van der Waals surface area contributed by atoms with E-state index in [1.165, 1.54) is 23.4 Å². The number of alkyl halides is 3. The standard InChI is InChI=1S/C21H15F5N4O3/c22-15-7-13(29-18(31)6-12-2-1-3-14(19(12)23)21(24,25)26)8-27-20(15)30-9-16(28-11-30)17-10-32-4-5-33-17/h1-3,7-11H,4-6H2,(H,29,31). The molecule has 7 nitrogen and oxygen atoms in total. The van der Waals surface area contributed by atoms with E-state index in [4.69, 9.17) is 9.47 Å². The summed E-state index contributed by atoms with van der Waals surface area (Å²) < 4.78 is 79.0. The molecule has 0 saturated carbocycles. The minimum atomic E-state index is -4.89. The van der Waals surface area contributed by atoms with Gasteiger partial charge in [-0.2, -0.15) is 13.2 Å². The molecule has 3 aromatic rings. The first-order valence-electron chi connectivity index (χ1n) is 9.51. The van der Waals surface area contributed by atoms with E-state index in [1.54, 1.807) is 0 Å². The Morgan fingerprint density at radius 1 is 1.18 bits per heavy atom. The SMILES string of the molecule is O=C(Cc1cccc(C(F)(F)F)c1F)Nc1cnc(-n2cnc(C3=COCCO3)c2)c(F)c1. The Labute approximate surface area is 183 Å². The lowest BCUT2D eigenvalue weighted by Crippen LogP contribution is -2.17. The lowest BCUT2D eigenvalue weighted by molar-refractivity contribution is -0.140. The quantitative estimate of drug-likeness (QED) is 0.574. The van der Waals surface area contributed by atoms with Crippen LogP contribution in [0.15, 0.2) is 49.2 Å². The molecule has 0 spiro atoms. The molecule has 1 aromatic carbocycles. The number of benzene rings is 1. The number of hydrogen-bond acceptors (Lipinski definition) is 5. The molecule has 0 fully saturated rings. The first kappa shape index (κ1) is 22.2. The van der Waals surface area contributed by atoms with E-state index in [0.29, 0.717) is 30.7 Å². The van der Waals surface area contributed by atoms with Crippen LogP contribution in [0.1, 0.15) is 16.8 Å². The molecule has 1 aliphatic heterocycles. The smallest absolute Gasteiger partial charge is 0.419 e. The number of pyridine rings is 1. The van der Waals surface area contributed by atoms with Crippen LogP contribution in [0.2, 0.25) is 0 Å². The molecule has 0 radical (unpaired) electrons. The van der Waals surface area contributed by atoms with Gasteiger partial charge in [0.2, 0.25) is 5.91 Å². The van der Waals surface area contributed by atoms with Gasteiger partial charge in [0.15, 0.2) is 17.4 Å². The minimum absolute atomic E-state index is 0.0549. The summed E-state index contributed by atoms with van der Waals surface area (Å²) in [7, 11) is 0. The summed E-state index contributed by atoms with van der Waals surface area (Å²) in [6.07, 6.45) is -0.237. The molecule has 33 heavy (non-hydrogen) atoms. The zero-order chi connectivity index (χ0) is 23.6. The number of carbonyl (C=O) groups is 1. The second-order valence-corrected chi connectivity index (χ2v) is 6.90. The molecule has 0 aliphatic carbocycles. The van der Waals surface area contributed by atoms with Crippen molar-refractivity contribution in [1.29, 1.82) is 0 Å². The van der Waals surface area contributed by atoms with Crippen molar-refractivity contribution in [3.8, 4) is 5.82 Å². The first-order valence-corrected chi connectivity index (χ1v) is 9.51. The van der Waals surface area contributed by atoms with Crippen LogP contribution < -0.4 is 5.32 Å². The van der Waals surface area contributed by atoms with Crippen LogP contribution in [0.25, 0.3) is 11.6 Å². The summed E-state index contributed by atoms with van der Waals surface area (Å²) in [4.78, 5) is 20.2. The van der Waals surface area contributed by atoms with Gasteiger partial charge >= 0.3 is 6.18 Å².